The van der Waals surface area contributed by atoms with Crippen molar-refractivity contribution in [2.75, 3.05) is 11.9 Å². The van der Waals surface area contributed by atoms with Gasteiger partial charge in [-0.1, -0.05) is 22.8 Å². The fourth-order valence-corrected chi connectivity index (χ4v) is 2.55. The first-order valence-corrected chi connectivity index (χ1v) is 7.09. The first kappa shape index (κ1) is 13.8. The molecule has 1 atom stereocenters. The first-order chi connectivity index (χ1) is 10.1. The van der Waals surface area contributed by atoms with E-state index in [4.69, 9.17) is 4.42 Å². The van der Waals surface area contributed by atoms with Crippen molar-refractivity contribution in [2.24, 2.45) is 0 Å². The molecule has 1 aliphatic rings. The summed E-state index contributed by atoms with van der Waals surface area (Å²) in [5.41, 5.74) is 2.65. The van der Waals surface area contributed by atoms with Gasteiger partial charge in [-0.15, -0.1) is 5.10 Å². The van der Waals surface area contributed by atoms with Crippen LogP contribution in [0.2, 0.25) is 0 Å². The molecule has 1 unspecified atom stereocenters. The van der Waals surface area contributed by atoms with Crippen LogP contribution < -0.4 is 10.6 Å². The third-order valence-corrected chi connectivity index (χ3v) is 3.65. The van der Waals surface area contributed by atoms with Gasteiger partial charge in [0.25, 0.3) is 5.91 Å². The van der Waals surface area contributed by atoms with Crippen molar-refractivity contribution in [3.05, 3.63) is 40.8 Å². The Kier molecular flexibility index (Phi) is 3.70. The van der Waals surface area contributed by atoms with E-state index in [1.165, 1.54) is 0 Å². The number of nitrogens with zero attached hydrogens (tertiary/aromatic N) is 2. The predicted octanol–water partition coefficient (Wildman–Crippen LogP) is 2.36. The summed E-state index contributed by atoms with van der Waals surface area (Å²) in [5.74, 6) is 0.297. The molecule has 21 heavy (non-hydrogen) atoms. The topological polar surface area (TPSA) is 80.0 Å². The summed E-state index contributed by atoms with van der Waals surface area (Å²) < 4.78 is 5.51. The van der Waals surface area contributed by atoms with Gasteiger partial charge in [0.2, 0.25) is 5.89 Å². The number of hydrogen-bond donors (Lipinski definition) is 2. The molecule has 0 spiro atoms. The summed E-state index contributed by atoms with van der Waals surface area (Å²) in [6, 6.07) is 5.92. The van der Waals surface area contributed by atoms with Gasteiger partial charge in [0.15, 0.2) is 0 Å². The maximum atomic E-state index is 12.2. The number of hydrogen-bond acceptors (Lipinski definition) is 5. The summed E-state index contributed by atoms with van der Waals surface area (Å²) in [4.78, 5) is 12.2. The lowest BCUT2D eigenvalue weighted by molar-refractivity contribution is 0.102. The standard InChI is InChI=1S/C15H18N4O2/c1-9-5-6-11(10(2)8-9)13(20)17-15-19-18-14(21-15)12-4-3-7-16-12/h5-6,8,12,16H,3-4,7H2,1-2H3,(H,17,19,20). The molecule has 1 fully saturated rings. The Morgan fingerprint density at radius 1 is 1.38 bits per heavy atom. The summed E-state index contributed by atoms with van der Waals surface area (Å²) in [7, 11) is 0. The number of nitrogens with one attached hydrogen (secondary N) is 2. The minimum absolute atomic E-state index is 0.101. The second kappa shape index (κ2) is 5.65. The van der Waals surface area contributed by atoms with Crippen LogP contribution in [0.4, 0.5) is 6.01 Å². The molecule has 110 valence electrons. The molecule has 3 rings (SSSR count). The Hall–Kier alpha value is -2.21. The Morgan fingerprint density at radius 3 is 2.95 bits per heavy atom. The second-order valence-corrected chi connectivity index (χ2v) is 5.37. The molecule has 1 saturated heterocycles. The van der Waals surface area contributed by atoms with Crippen molar-refractivity contribution in [2.45, 2.75) is 32.7 Å². The molecule has 0 bridgehead atoms. The van der Waals surface area contributed by atoms with Crippen LogP contribution in [0.5, 0.6) is 0 Å². The van der Waals surface area contributed by atoms with Crippen molar-refractivity contribution in [3.63, 3.8) is 0 Å². The molecule has 1 aromatic heterocycles. The van der Waals surface area contributed by atoms with Gasteiger partial charge in [-0.3, -0.25) is 10.1 Å². The molecule has 0 aliphatic carbocycles. The van der Waals surface area contributed by atoms with Gasteiger partial charge >= 0.3 is 6.01 Å². The highest BCUT2D eigenvalue weighted by atomic mass is 16.4. The largest absolute Gasteiger partial charge is 0.406 e. The Balaban J connectivity index is 1.72. The zero-order valence-corrected chi connectivity index (χ0v) is 12.1. The van der Waals surface area contributed by atoms with Gasteiger partial charge in [0, 0.05) is 5.56 Å². The van der Waals surface area contributed by atoms with Crippen molar-refractivity contribution in [1.29, 1.82) is 0 Å². The van der Waals surface area contributed by atoms with Crippen molar-refractivity contribution < 1.29 is 9.21 Å². The van der Waals surface area contributed by atoms with E-state index in [0.29, 0.717) is 11.5 Å². The maximum Gasteiger partial charge on any atom is 0.322 e. The second-order valence-electron chi connectivity index (χ2n) is 5.37. The molecule has 1 aliphatic heterocycles. The number of aryl methyl sites for hydroxylation is 2. The van der Waals surface area contributed by atoms with Crippen LogP contribution in [-0.4, -0.2) is 22.6 Å². The van der Waals surface area contributed by atoms with Gasteiger partial charge < -0.3 is 9.73 Å². The van der Waals surface area contributed by atoms with E-state index < -0.39 is 0 Å². The van der Waals surface area contributed by atoms with E-state index in [2.05, 4.69) is 20.8 Å². The molecule has 1 aromatic carbocycles. The minimum Gasteiger partial charge on any atom is -0.406 e. The Morgan fingerprint density at radius 2 is 2.24 bits per heavy atom. The SMILES string of the molecule is Cc1ccc(C(=O)Nc2nnc(C3CCCN3)o2)c(C)c1. The molecule has 2 N–H and O–H groups in total. The number of carbonyl (C=O) groups is 1. The summed E-state index contributed by atoms with van der Waals surface area (Å²) in [6.45, 7) is 4.86. The normalized spacial score (nSPS) is 17.9. The molecular weight excluding hydrogens is 268 g/mol. The van der Waals surface area contributed by atoms with Crippen molar-refractivity contribution in [3.8, 4) is 0 Å². The lowest BCUT2D eigenvalue weighted by Gasteiger charge is -2.06. The third kappa shape index (κ3) is 2.95. The Labute approximate surface area is 123 Å². The quantitative estimate of drug-likeness (QED) is 0.905. The number of rotatable bonds is 3. The van der Waals surface area contributed by atoms with E-state index >= 15 is 0 Å². The number of amides is 1. The number of benzene rings is 1. The van der Waals surface area contributed by atoms with Gasteiger partial charge in [-0.05, 0) is 44.9 Å². The van der Waals surface area contributed by atoms with Crippen LogP contribution in [0.25, 0.3) is 0 Å². The summed E-state index contributed by atoms with van der Waals surface area (Å²) in [5, 5.41) is 13.8. The molecule has 0 saturated carbocycles. The highest BCUT2D eigenvalue weighted by molar-refractivity contribution is 6.04. The smallest absolute Gasteiger partial charge is 0.322 e. The van der Waals surface area contributed by atoms with E-state index in [0.717, 1.165) is 30.5 Å². The minimum atomic E-state index is -0.234. The van der Waals surface area contributed by atoms with Gasteiger partial charge in [-0.2, -0.15) is 0 Å². The highest BCUT2D eigenvalue weighted by Gasteiger charge is 2.22. The zero-order chi connectivity index (χ0) is 14.8. The van der Waals surface area contributed by atoms with Gasteiger partial charge in [0.1, 0.15) is 0 Å². The van der Waals surface area contributed by atoms with E-state index in [-0.39, 0.29) is 18.0 Å². The maximum absolute atomic E-state index is 12.2. The van der Waals surface area contributed by atoms with Crippen LogP contribution >= 0.6 is 0 Å². The Bertz CT molecular complexity index is 659. The molecule has 6 heteroatoms. The highest BCUT2D eigenvalue weighted by Crippen LogP contribution is 2.23. The van der Waals surface area contributed by atoms with Crippen molar-refractivity contribution >= 4 is 11.9 Å². The molecule has 2 heterocycles. The van der Waals surface area contributed by atoms with Crippen molar-refractivity contribution in [1.82, 2.24) is 15.5 Å². The lowest BCUT2D eigenvalue weighted by atomic mass is 10.1. The zero-order valence-electron chi connectivity index (χ0n) is 12.1. The molecule has 2 aromatic rings. The number of anilines is 1. The van der Waals surface area contributed by atoms with Crippen LogP contribution in [0.15, 0.2) is 22.6 Å². The van der Waals surface area contributed by atoms with Gasteiger partial charge in [-0.25, -0.2) is 0 Å². The van der Waals surface area contributed by atoms with E-state index in [9.17, 15) is 4.79 Å². The average molecular weight is 286 g/mol. The number of aromatic nitrogens is 2. The first-order valence-electron chi connectivity index (χ1n) is 7.09. The van der Waals surface area contributed by atoms with Crippen LogP contribution in [-0.2, 0) is 0 Å². The third-order valence-electron chi connectivity index (χ3n) is 3.65. The fraction of sp³-hybridized carbons (Fsp3) is 0.400. The summed E-state index contributed by atoms with van der Waals surface area (Å²) >= 11 is 0. The lowest BCUT2D eigenvalue weighted by Crippen LogP contribution is -2.14. The predicted molar refractivity (Wildman–Crippen MR) is 78.1 cm³/mol. The number of carbonyl (C=O) groups excluding carboxylic acids is 1. The molecule has 0 radical (unpaired) electrons. The molecule has 1 amide bonds. The monoisotopic (exact) mass is 286 g/mol. The average Bonchev–Trinajstić information content (AvgIpc) is 3.08. The van der Waals surface area contributed by atoms with Crippen LogP contribution in [0.1, 0.15) is 46.3 Å². The van der Waals surface area contributed by atoms with E-state index in [1.807, 2.05) is 26.0 Å². The fourth-order valence-electron chi connectivity index (χ4n) is 2.55. The van der Waals surface area contributed by atoms with Crippen LogP contribution in [0, 0.1) is 13.8 Å². The molecular formula is C15H18N4O2. The van der Waals surface area contributed by atoms with Crippen LogP contribution in [0.3, 0.4) is 0 Å². The van der Waals surface area contributed by atoms with Gasteiger partial charge in [0.05, 0.1) is 6.04 Å². The van der Waals surface area contributed by atoms with E-state index in [1.54, 1.807) is 6.07 Å². The molecule has 6 nitrogen and oxygen atoms in total. The summed E-state index contributed by atoms with van der Waals surface area (Å²) in [6.07, 6.45) is 2.07.